The lowest BCUT2D eigenvalue weighted by Crippen LogP contribution is -2.03. The Hall–Kier alpha value is -2.22. The Morgan fingerprint density at radius 2 is 1.16 bits per heavy atom. The van der Waals surface area contributed by atoms with E-state index in [0.717, 1.165) is 49.4 Å². The second-order valence-corrected chi connectivity index (χ2v) is 9.14. The van der Waals surface area contributed by atoms with E-state index in [-0.39, 0.29) is 0 Å². The van der Waals surface area contributed by atoms with Gasteiger partial charge in [-0.3, -0.25) is 0 Å². The summed E-state index contributed by atoms with van der Waals surface area (Å²) in [4.78, 5) is 0. The molecule has 0 bridgehead atoms. The highest BCUT2D eigenvalue weighted by Crippen LogP contribution is 2.44. The Labute approximate surface area is 195 Å². The van der Waals surface area contributed by atoms with Gasteiger partial charge in [0.25, 0.3) is 0 Å². The fourth-order valence-corrected chi connectivity index (χ4v) is 4.38. The average Bonchev–Trinajstić information content (AvgIpc) is 2.83. The number of unbranched alkanes of at least 4 members (excludes halogenated alkanes) is 6. The fourth-order valence-electron chi connectivity index (χ4n) is 4.38. The van der Waals surface area contributed by atoms with Crippen LogP contribution in [0.4, 0.5) is 0 Å². The molecule has 32 heavy (non-hydrogen) atoms. The predicted octanol–water partition coefficient (Wildman–Crippen LogP) is 9.42. The first-order valence-electron chi connectivity index (χ1n) is 12.9. The van der Waals surface area contributed by atoms with E-state index in [2.05, 4.69) is 70.2 Å². The third-order valence-corrected chi connectivity index (χ3v) is 6.62. The fraction of sp³-hybridized carbons (Fsp3) is 0.533. The molecule has 0 saturated carbocycles. The molecule has 1 atom stereocenters. The molecule has 3 rings (SSSR count). The third-order valence-electron chi connectivity index (χ3n) is 6.62. The lowest BCUT2D eigenvalue weighted by atomic mass is 9.93. The first-order valence-corrected chi connectivity index (χ1v) is 12.9. The van der Waals surface area contributed by atoms with Gasteiger partial charge in [-0.25, -0.2) is 0 Å². The first-order chi connectivity index (χ1) is 15.7. The molecule has 3 aromatic carbocycles. The summed E-state index contributed by atoms with van der Waals surface area (Å²) < 4.78 is 13.0. The minimum absolute atomic E-state index is 0.529. The van der Waals surface area contributed by atoms with Crippen molar-refractivity contribution in [3.05, 3.63) is 48.0 Å². The molecule has 174 valence electrons. The quantitative estimate of drug-likeness (QED) is 0.186. The molecule has 3 aromatic rings. The van der Waals surface area contributed by atoms with Crippen molar-refractivity contribution in [1.82, 2.24) is 0 Å². The number of rotatable bonds is 14. The first kappa shape index (κ1) is 24.4. The zero-order valence-electron chi connectivity index (χ0n) is 20.7. The van der Waals surface area contributed by atoms with Crippen LogP contribution in [-0.2, 0) is 0 Å². The van der Waals surface area contributed by atoms with Gasteiger partial charge < -0.3 is 9.47 Å². The minimum Gasteiger partial charge on any atom is -0.492 e. The van der Waals surface area contributed by atoms with Gasteiger partial charge in [0.05, 0.1) is 13.2 Å². The largest absolute Gasteiger partial charge is 0.492 e. The molecule has 0 aliphatic carbocycles. The average molecular weight is 435 g/mol. The molecule has 0 spiro atoms. The van der Waals surface area contributed by atoms with Gasteiger partial charge >= 0.3 is 0 Å². The molecular formula is C30H42O2. The summed E-state index contributed by atoms with van der Waals surface area (Å²) in [5.74, 6) is 2.57. The van der Waals surface area contributed by atoms with Gasteiger partial charge in [0.2, 0.25) is 0 Å². The Kier molecular flexibility index (Phi) is 9.71. The molecule has 0 N–H and O–H groups in total. The maximum atomic E-state index is 6.50. The Bertz CT molecular complexity index is 975. The van der Waals surface area contributed by atoms with Crippen molar-refractivity contribution in [1.29, 1.82) is 0 Å². The maximum Gasteiger partial charge on any atom is 0.135 e. The topological polar surface area (TPSA) is 18.5 Å². The molecule has 2 nitrogen and oxygen atoms in total. The molecule has 2 heteroatoms. The molecule has 0 aliphatic rings. The second kappa shape index (κ2) is 12.7. The van der Waals surface area contributed by atoms with Crippen LogP contribution in [0.1, 0.15) is 97.0 Å². The van der Waals surface area contributed by atoms with Gasteiger partial charge in [-0.2, -0.15) is 0 Å². The van der Waals surface area contributed by atoms with E-state index in [9.17, 15) is 0 Å². The van der Waals surface area contributed by atoms with Gasteiger partial charge in [0.1, 0.15) is 11.5 Å². The van der Waals surface area contributed by atoms with Crippen molar-refractivity contribution >= 4 is 21.5 Å². The summed E-state index contributed by atoms with van der Waals surface area (Å²) in [6.07, 6.45) is 10.8. The molecule has 1 unspecified atom stereocenters. The molecule has 0 aliphatic heterocycles. The highest BCUT2D eigenvalue weighted by molar-refractivity contribution is 6.11. The van der Waals surface area contributed by atoms with E-state index < -0.39 is 0 Å². The van der Waals surface area contributed by atoms with Gasteiger partial charge in [-0.05, 0) is 36.8 Å². The van der Waals surface area contributed by atoms with Gasteiger partial charge in [-0.15, -0.1) is 0 Å². The molecule has 0 heterocycles. The molecule has 0 saturated heterocycles. The lowest BCUT2D eigenvalue weighted by Gasteiger charge is -2.19. The molecule has 0 amide bonds. The van der Waals surface area contributed by atoms with E-state index in [1.807, 2.05) is 0 Å². The number of hydrogen-bond acceptors (Lipinski definition) is 2. The monoisotopic (exact) mass is 434 g/mol. The van der Waals surface area contributed by atoms with Crippen LogP contribution in [0.15, 0.2) is 42.5 Å². The van der Waals surface area contributed by atoms with E-state index in [1.165, 1.54) is 60.2 Å². The van der Waals surface area contributed by atoms with Crippen LogP contribution in [0.5, 0.6) is 11.5 Å². The normalized spacial score (nSPS) is 12.4. The summed E-state index contributed by atoms with van der Waals surface area (Å²) in [5, 5.41) is 4.70. The molecule has 0 aromatic heterocycles. The van der Waals surface area contributed by atoms with Crippen LogP contribution in [0, 0.1) is 0 Å². The molecule has 0 fully saturated rings. The number of fused-ring (bicyclic) bond motifs is 2. The van der Waals surface area contributed by atoms with Crippen molar-refractivity contribution in [3.8, 4) is 11.5 Å². The summed E-state index contributed by atoms with van der Waals surface area (Å²) in [6.45, 7) is 10.6. The minimum atomic E-state index is 0.529. The standard InChI is InChI=1S/C30H42O2/c1-5-8-10-14-20-31-29-25-16-12-13-17-26(25)30(32-21-15-11-9-6-2)28-22-24(23(4)7-3)18-19-27(28)29/h12-13,16-19,22-23H,5-11,14-15,20-21H2,1-4H3. The zero-order chi connectivity index (χ0) is 22.8. The van der Waals surface area contributed by atoms with Crippen molar-refractivity contribution in [3.63, 3.8) is 0 Å². The van der Waals surface area contributed by atoms with Gasteiger partial charge in [0, 0.05) is 21.5 Å². The van der Waals surface area contributed by atoms with Crippen molar-refractivity contribution < 1.29 is 9.47 Å². The van der Waals surface area contributed by atoms with Crippen LogP contribution in [0.2, 0.25) is 0 Å². The lowest BCUT2D eigenvalue weighted by molar-refractivity contribution is 0.307. The predicted molar refractivity (Wildman–Crippen MR) is 139 cm³/mol. The second-order valence-electron chi connectivity index (χ2n) is 9.14. The maximum absolute atomic E-state index is 6.50. The van der Waals surface area contributed by atoms with Crippen LogP contribution in [0.3, 0.4) is 0 Å². The summed E-state index contributed by atoms with van der Waals surface area (Å²) in [6, 6.07) is 15.5. The SMILES string of the molecule is CCCCCCOc1c2ccccc2c(OCCCCCC)c2cc(C(C)CC)ccc12. The number of ether oxygens (including phenoxy) is 2. The Morgan fingerprint density at radius 3 is 1.69 bits per heavy atom. The van der Waals surface area contributed by atoms with Gasteiger partial charge in [-0.1, -0.05) is 103 Å². The van der Waals surface area contributed by atoms with E-state index in [4.69, 9.17) is 9.47 Å². The molecular weight excluding hydrogens is 392 g/mol. The van der Waals surface area contributed by atoms with Crippen LogP contribution in [-0.4, -0.2) is 13.2 Å². The third kappa shape index (κ3) is 5.97. The smallest absolute Gasteiger partial charge is 0.135 e. The number of hydrogen-bond donors (Lipinski definition) is 0. The Morgan fingerprint density at radius 1 is 0.625 bits per heavy atom. The molecule has 0 radical (unpaired) electrons. The highest BCUT2D eigenvalue weighted by Gasteiger charge is 2.17. The highest BCUT2D eigenvalue weighted by atomic mass is 16.5. The number of benzene rings is 3. The van der Waals surface area contributed by atoms with E-state index >= 15 is 0 Å². The van der Waals surface area contributed by atoms with E-state index in [1.54, 1.807) is 0 Å². The van der Waals surface area contributed by atoms with Crippen molar-refractivity contribution in [2.24, 2.45) is 0 Å². The summed E-state index contributed by atoms with van der Waals surface area (Å²) in [5.41, 5.74) is 1.38. The van der Waals surface area contributed by atoms with E-state index in [0.29, 0.717) is 5.92 Å². The van der Waals surface area contributed by atoms with Crippen LogP contribution >= 0.6 is 0 Å². The Balaban J connectivity index is 2.04. The van der Waals surface area contributed by atoms with Crippen molar-refractivity contribution in [2.45, 2.75) is 91.4 Å². The zero-order valence-corrected chi connectivity index (χ0v) is 20.7. The summed E-state index contributed by atoms with van der Waals surface area (Å²) in [7, 11) is 0. The van der Waals surface area contributed by atoms with Gasteiger partial charge in [0.15, 0.2) is 0 Å². The summed E-state index contributed by atoms with van der Waals surface area (Å²) >= 11 is 0. The van der Waals surface area contributed by atoms with Crippen LogP contribution < -0.4 is 9.47 Å². The van der Waals surface area contributed by atoms with Crippen LogP contribution in [0.25, 0.3) is 21.5 Å². The van der Waals surface area contributed by atoms with Crippen molar-refractivity contribution in [2.75, 3.05) is 13.2 Å².